The highest BCUT2D eigenvalue weighted by Crippen LogP contribution is 2.26. The van der Waals surface area contributed by atoms with E-state index < -0.39 is 0 Å². The number of hydrogen-bond donors (Lipinski definition) is 2. The van der Waals surface area contributed by atoms with Crippen molar-refractivity contribution in [3.63, 3.8) is 0 Å². The van der Waals surface area contributed by atoms with E-state index in [0.29, 0.717) is 11.5 Å². The van der Waals surface area contributed by atoms with Gasteiger partial charge >= 0.3 is 0 Å². The van der Waals surface area contributed by atoms with E-state index in [9.17, 15) is 0 Å². The van der Waals surface area contributed by atoms with Gasteiger partial charge in [0.25, 0.3) is 0 Å². The molecular formula is C13H15N3OS. The zero-order valence-electron chi connectivity index (χ0n) is 10.1. The van der Waals surface area contributed by atoms with E-state index >= 15 is 0 Å². The first-order chi connectivity index (χ1) is 8.69. The van der Waals surface area contributed by atoms with Crippen LogP contribution in [0.5, 0.6) is 5.75 Å². The van der Waals surface area contributed by atoms with Crippen LogP contribution in [-0.4, -0.2) is 12.1 Å². The van der Waals surface area contributed by atoms with Gasteiger partial charge in [0.2, 0.25) is 0 Å². The second kappa shape index (κ2) is 5.64. The molecule has 0 saturated heterocycles. The summed E-state index contributed by atoms with van der Waals surface area (Å²) in [4.78, 5) is 5.04. The number of pyridine rings is 1. The Hall–Kier alpha value is -1.88. The van der Waals surface area contributed by atoms with Crippen molar-refractivity contribution in [2.45, 2.75) is 10.6 Å². The fourth-order valence-electron chi connectivity index (χ4n) is 1.44. The summed E-state index contributed by atoms with van der Waals surface area (Å²) in [7, 11) is 1.66. The number of ether oxygens (including phenoxy) is 1. The van der Waals surface area contributed by atoms with Gasteiger partial charge in [-0.3, -0.25) is 0 Å². The highest BCUT2D eigenvalue weighted by atomic mass is 32.2. The van der Waals surface area contributed by atoms with Crippen molar-refractivity contribution in [2.24, 2.45) is 0 Å². The number of nitrogens with two attached hydrogens (primary N) is 2. The van der Waals surface area contributed by atoms with Crippen LogP contribution in [0.25, 0.3) is 0 Å². The van der Waals surface area contributed by atoms with Gasteiger partial charge in [0, 0.05) is 16.8 Å². The third-order valence-electron chi connectivity index (χ3n) is 2.49. The van der Waals surface area contributed by atoms with Gasteiger partial charge in [0.05, 0.1) is 12.8 Å². The summed E-state index contributed by atoms with van der Waals surface area (Å²) in [5.41, 5.74) is 13.0. The van der Waals surface area contributed by atoms with E-state index in [-0.39, 0.29) is 0 Å². The zero-order chi connectivity index (χ0) is 13.0. The molecule has 4 nitrogen and oxygen atoms in total. The predicted molar refractivity (Wildman–Crippen MR) is 75.6 cm³/mol. The van der Waals surface area contributed by atoms with Gasteiger partial charge < -0.3 is 16.2 Å². The van der Waals surface area contributed by atoms with Crippen molar-refractivity contribution in [3.05, 3.63) is 42.1 Å². The van der Waals surface area contributed by atoms with Crippen LogP contribution in [0, 0.1) is 0 Å². The number of methoxy groups -OCH3 is 1. The minimum atomic E-state index is 0.379. The first kappa shape index (κ1) is 12.6. The van der Waals surface area contributed by atoms with Gasteiger partial charge in [-0.2, -0.15) is 0 Å². The van der Waals surface area contributed by atoms with E-state index in [1.165, 1.54) is 5.56 Å². The molecule has 5 heteroatoms. The normalized spacial score (nSPS) is 10.3. The van der Waals surface area contributed by atoms with Crippen molar-refractivity contribution in [1.29, 1.82) is 0 Å². The standard InChI is InChI=1S/C13H15N3OS/c1-17-10-4-2-9(3-5-10)8-18-11-6-12(14)13(15)16-7-11/h2-7H,8,14H2,1H3,(H2,15,16). The monoisotopic (exact) mass is 261 g/mol. The lowest BCUT2D eigenvalue weighted by Gasteiger charge is -2.05. The number of thioether (sulfide) groups is 1. The van der Waals surface area contributed by atoms with E-state index in [1.807, 2.05) is 30.3 Å². The van der Waals surface area contributed by atoms with E-state index in [0.717, 1.165) is 16.4 Å². The van der Waals surface area contributed by atoms with Crippen molar-refractivity contribution in [1.82, 2.24) is 4.98 Å². The topological polar surface area (TPSA) is 74.2 Å². The molecule has 0 saturated carbocycles. The minimum Gasteiger partial charge on any atom is -0.497 e. The maximum Gasteiger partial charge on any atom is 0.146 e. The summed E-state index contributed by atoms with van der Waals surface area (Å²) in [6, 6.07) is 9.83. The third-order valence-corrected chi connectivity index (χ3v) is 3.52. The maximum atomic E-state index is 5.71. The molecule has 0 fully saturated rings. The van der Waals surface area contributed by atoms with Crippen LogP contribution >= 0.6 is 11.8 Å². The molecule has 0 atom stereocenters. The van der Waals surface area contributed by atoms with Crippen molar-refractivity contribution >= 4 is 23.3 Å². The van der Waals surface area contributed by atoms with Crippen LogP contribution in [-0.2, 0) is 5.75 Å². The maximum absolute atomic E-state index is 5.71. The molecular weight excluding hydrogens is 246 g/mol. The molecule has 1 aromatic heterocycles. The van der Waals surface area contributed by atoms with Crippen LogP contribution < -0.4 is 16.2 Å². The minimum absolute atomic E-state index is 0.379. The van der Waals surface area contributed by atoms with Crippen molar-refractivity contribution < 1.29 is 4.74 Å². The van der Waals surface area contributed by atoms with Gasteiger partial charge in [-0.05, 0) is 23.8 Å². The first-order valence-electron chi connectivity index (χ1n) is 5.46. The van der Waals surface area contributed by atoms with Gasteiger partial charge in [-0.15, -0.1) is 11.8 Å². The van der Waals surface area contributed by atoms with Crippen molar-refractivity contribution in [2.75, 3.05) is 18.6 Å². The smallest absolute Gasteiger partial charge is 0.146 e. The highest BCUT2D eigenvalue weighted by Gasteiger charge is 2.01. The molecule has 1 aromatic carbocycles. The number of benzene rings is 1. The summed E-state index contributed by atoms with van der Waals surface area (Å²) in [6.45, 7) is 0. The molecule has 94 valence electrons. The van der Waals surface area contributed by atoms with Gasteiger partial charge in [0.15, 0.2) is 0 Å². The van der Waals surface area contributed by atoms with Gasteiger partial charge in [-0.25, -0.2) is 4.98 Å². The summed E-state index contributed by atoms with van der Waals surface area (Å²) in [6.07, 6.45) is 1.74. The first-order valence-corrected chi connectivity index (χ1v) is 6.44. The Labute approximate surface area is 110 Å². The SMILES string of the molecule is COc1ccc(CSc2cnc(N)c(N)c2)cc1. The molecule has 4 N–H and O–H groups in total. The second-order valence-electron chi connectivity index (χ2n) is 3.78. The van der Waals surface area contributed by atoms with E-state index in [1.54, 1.807) is 25.1 Å². The third kappa shape index (κ3) is 3.07. The fraction of sp³-hybridized carbons (Fsp3) is 0.154. The fourth-order valence-corrected chi connectivity index (χ4v) is 2.30. The number of nitrogens with zero attached hydrogens (tertiary/aromatic N) is 1. The Bertz CT molecular complexity index is 528. The molecule has 0 unspecified atom stereocenters. The molecule has 0 amide bonds. The van der Waals surface area contributed by atoms with Crippen LogP contribution in [0.1, 0.15) is 5.56 Å². The molecule has 0 aliphatic heterocycles. The van der Waals surface area contributed by atoms with Crippen LogP contribution in [0.2, 0.25) is 0 Å². The Morgan fingerprint density at radius 1 is 1.22 bits per heavy atom. The summed E-state index contributed by atoms with van der Waals surface area (Å²) in [5.74, 6) is 2.10. The summed E-state index contributed by atoms with van der Waals surface area (Å²) in [5, 5.41) is 0. The second-order valence-corrected chi connectivity index (χ2v) is 4.83. The molecule has 0 spiro atoms. The van der Waals surface area contributed by atoms with Crippen molar-refractivity contribution in [3.8, 4) is 5.75 Å². The largest absolute Gasteiger partial charge is 0.497 e. The molecule has 0 aliphatic rings. The highest BCUT2D eigenvalue weighted by molar-refractivity contribution is 7.98. The zero-order valence-corrected chi connectivity index (χ0v) is 10.9. The molecule has 0 radical (unpaired) electrons. The van der Waals surface area contributed by atoms with Crippen LogP contribution in [0.3, 0.4) is 0 Å². The Morgan fingerprint density at radius 2 is 1.94 bits per heavy atom. The molecule has 2 aromatic rings. The number of hydrogen-bond acceptors (Lipinski definition) is 5. The van der Waals surface area contributed by atoms with Crippen LogP contribution in [0.15, 0.2) is 41.4 Å². The molecule has 2 rings (SSSR count). The molecule has 0 aliphatic carbocycles. The number of aromatic nitrogens is 1. The van der Waals surface area contributed by atoms with E-state index in [2.05, 4.69) is 4.98 Å². The lowest BCUT2D eigenvalue weighted by Crippen LogP contribution is -1.97. The van der Waals surface area contributed by atoms with E-state index in [4.69, 9.17) is 16.2 Å². The number of nitrogen functional groups attached to an aromatic ring is 2. The number of rotatable bonds is 4. The average Bonchev–Trinajstić information content (AvgIpc) is 2.41. The van der Waals surface area contributed by atoms with Gasteiger partial charge in [0.1, 0.15) is 11.6 Å². The Morgan fingerprint density at radius 3 is 2.56 bits per heavy atom. The quantitative estimate of drug-likeness (QED) is 0.827. The predicted octanol–water partition coefficient (Wildman–Crippen LogP) is 2.55. The summed E-state index contributed by atoms with van der Waals surface area (Å²) < 4.78 is 5.11. The van der Waals surface area contributed by atoms with Crippen LogP contribution in [0.4, 0.5) is 11.5 Å². The lowest BCUT2D eigenvalue weighted by atomic mass is 10.2. The molecule has 1 heterocycles. The number of anilines is 2. The van der Waals surface area contributed by atoms with Gasteiger partial charge in [-0.1, -0.05) is 12.1 Å². The molecule has 18 heavy (non-hydrogen) atoms. The summed E-state index contributed by atoms with van der Waals surface area (Å²) >= 11 is 1.67. The Kier molecular flexibility index (Phi) is 3.94. The Balaban J connectivity index is 1.99. The average molecular weight is 261 g/mol. The lowest BCUT2D eigenvalue weighted by molar-refractivity contribution is 0.414. The molecule has 0 bridgehead atoms.